The van der Waals surface area contributed by atoms with Crippen LogP contribution in [0.1, 0.15) is 57.3 Å². The van der Waals surface area contributed by atoms with Crippen LogP contribution in [0.15, 0.2) is 41.5 Å². The zero-order valence-corrected chi connectivity index (χ0v) is 14.3. The predicted molar refractivity (Wildman–Crippen MR) is 92.2 cm³/mol. The van der Waals surface area contributed by atoms with Crippen LogP contribution in [0.3, 0.4) is 0 Å². The second kappa shape index (κ2) is 9.03. The van der Waals surface area contributed by atoms with E-state index in [2.05, 4.69) is 32.9 Å². The minimum absolute atomic E-state index is 0.100. The van der Waals surface area contributed by atoms with E-state index >= 15 is 0 Å². The Bertz CT molecular complexity index is 595. The maximum Gasteiger partial charge on any atom is 0.339 e. The quantitative estimate of drug-likeness (QED) is 0.666. The summed E-state index contributed by atoms with van der Waals surface area (Å²) in [6, 6.07) is 4.27. The van der Waals surface area contributed by atoms with Crippen LogP contribution >= 0.6 is 0 Å². The second-order valence-corrected chi connectivity index (χ2v) is 5.88. The first-order chi connectivity index (χ1) is 10.8. The number of benzene rings is 1. The van der Waals surface area contributed by atoms with E-state index in [4.69, 9.17) is 9.84 Å². The SMILES string of the molecule is CCC(/C=C(\C)CCC=C(C)C)Oc1ccc(C(=O)O)c(O)c1. The summed E-state index contributed by atoms with van der Waals surface area (Å²) in [6.45, 7) is 8.28. The Balaban J connectivity index is 2.74. The van der Waals surface area contributed by atoms with Crippen LogP contribution < -0.4 is 4.74 Å². The van der Waals surface area contributed by atoms with Crippen molar-refractivity contribution >= 4 is 5.97 Å². The maximum atomic E-state index is 10.9. The maximum absolute atomic E-state index is 10.9. The van der Waals surface area contributed by atoms with Gasteiger partial charge in [-0.05, 0) is 58.2 Å². The largest absolute Gasteiger partial charge is 0.507 e. The van der Waals surface area contributed by atoms with Gasteiger partial charge in [-0.3, -0.25) is 0 Å². The molecule has 0 saturated heterocycles. The van der Waals surface area contributed by atoms with Crippen LogP contribution in [-0.2, 0) is 0 Å². The van der Waals surface area contributed by atoms with Crippen LogP contribution in [0.5, 0.6) is 11.5 Å². The van der Waals surface area contributed by atoms with Crippen molar-refractivity contribution in [1.29, 1.82) is 0 Å². The molecule has 0 amide bonds. The van der Waals surface area contributed by atoms with Crippen molar-refractivity contribution in [2.45, 2.75) is 53.1 Å². The third-order valence-corrected chi connectivity index (χ3v) is 3.45. The fourth-order valence-corrected chi connectivity index (χ4v) is 2.16. The van der Waals surface area contributed by atoms with Crippen molar-refractivity contribution in [3.05, 3.63) is 47.1 Å². The van der Waals surface area contributed by atoms with E-state index in [0.29, 0.717) is 5.75 Å². The lowest BCUT2D eigenvalue weighted by atomic mass is 10.1. The van der Waals surface area contributed by atoms with Gasteiger partial charge in [0.1, 0.15) is 23.2 Å². The summed E-state index contributed by atoms with van der Waals surface area (Å²) in [5, 5.41) is 18.6. The summed E-state index contributed by atoms with van der Waals surface area (Å²) in [4.78, 5) is 10.9. The molecular formula is C19H26O4. The molecule has 0 aromatic heterocycles. The highest BCUT2D eigenvalue weighted by Gasteiger charge is 2.12. The zero-order valence-electron chi connectivity index (χ0n) is 14.3. The number of aromatic carboxylic acids is 1. The molecule has 2 N–H and O–H groups in total. The van der Waals surface area contributed by atoms with Gasteiger partial charge in [0.05, 0.1) is 0 Å². The van der Waals surface area contributed by atoms with Crippen molar-refractivity contribution in [2.75, 3.05) is 0 Å². The first-order valence-electron chi connectivity index (χ1n) is 7.87. The number of hydrogen-bond donors (Lipinski definition) is 2. The molecule has 1 aromatic rings. The summed E-state index contributed by atoms with van der Waals surface area (Å²) in [7, 11) is 0. The Morgan fingerprint density at radius 3 is 2.52 bits per heavy atom. The van der Waals surface area contributed by atoms with Gasteiger partial charge in [0.25, 0.3) is 0 Å². The van der Waals surface area contributed by atoms with Crippen molar-refractivity contribution < 1.29 is 19.7 Å². The predicted octanol–water partition coefficient (Wildman–Crippen LogP) is 4.94. The lowest BCUT2D eigenvalue weighted by molar-refractivity contribution is 0.0693. The molecule has 1 aromatic carbocycles. The smallest absolute Gasteiger partial charge is 0.339 e. The van der Waals surface area contributed by atoms with Gasteiger partial charge in [-0.15, -0.1) is 0 Å². The van der Waals surface area contributed by atoms with Crippen LogP contribution in [-0.4, -0.2) is 22.3 Å². The Morgan fingerprint density at radius 1 is 1.30 bits per heavy atom. The molecule has 1 unspecified atom stereocenters. The second-order valence-electron chi connectivity index (χ2n) is 5.88. The van der Waals surface area contributed by atoms with E-state index in [9.17, 15) is 9.90 Å². The third kappa shape index (κ3) is 6.59. The molecule has 0 aliphatic rings. The Labute approximate surface area is 138 Å². The first kappa shape index (κ1) is 18.8. The number of aromatic hydroxyl groups is 1. The van der Waals surface area contributed by atoms with Crippen molar-refractivity contribution in [1.82, 2.24) is 0 Å². The Kier molecular flexibility index (Phi) is 7.39. The van der Waals surface area contributed by atoms with E-state index in [-0.39, 0.29) is 17.4 Å². The standard InChI is InChI=1S/C19H26O4/c1-5-15(11-14(4)8-6-7-13(2)3)23-16-9-10-17(19(21)22)18(20)12-16/h7,9-12,15,20H,5-6,8H2,1-4H3,(H,21,22)/b14-11+. The molecule has 1 atom stereocenters. The molecule has 0 aliphatic heterocycles. The molecule has 0 saturated carbocycles. The minimum Gasteiger partial charge on any atom is -0.507 e. The number of hydrogen-bond acceptors (Lipinski definition) is 3. The van der Waals surface area contributed by atoms with Gasteiger partial charge in [0, 0.05) is 6.07 Å². The fourth-order valence-electron chi connectivity index (χ4n) is 2.16. The average Bonchev–Trinajstić information content (AvgIpc) is 2.45. The molecule has 0 fully saturated rings. The van der Waals surface area contributed by atoms with E-state index in [1.807, 2.05) is 6.92 Å². The van der Waals surface area contributed by atoms with Gasteiger partial charge in [-0.2, -0.15) is 0 Å². The molecule has 1 rings (SSSR count). The van der Waals surface area contributed by atoms with Crippen molar-refractivity contribution in [3.63, 3.8) is 0 Å². The molecular weight excluding hydrogens is 292 g/mol. The molecule has 0 radical (unpaired) electrons. The van der Waals surface area contributed by atoms with Crippen molar-refractivity contribution in [2.24, 2.45) is 0 Å². The lowest BCUT2D eigenvalue weighted by Gasteiger charge is -2.16. The Hall–Kier alpha value is -2.23. The topological polar surface area (TPSA) is 66.8 Å². The number of ether oxygens (including phenoxy) is 1. The van der Waals surface area contributed by atoms with Gasteiger partial charge >= 0.3 is 5.97 Å². The zero-order chi connectivity index (χ0) is 17.4. The van der Waals surface area contributed by atoms with Crippen LogP contribution in [0, 0.1) is 0 Å². The molecule has 4 nitrogen and oxygen atoms in total. The van der Waals surface area contributed by atoms with Crippen molar-refractivity contribution in [3.8, 4) is 11.5 Å². The number of carboxylic acids is 1. The summed E-state index contributed by atoms with van der Waals surface area (Å²) in [5.41, 5.74) is 2.44. The van der Waals surface area contributed by atoms with E-state index in [1.54, 1.807) is 6.07 Å². The monoisotopic (exact) mass is 318 g/mol. The molecule has 0 spiro atoms. The lowest BCUT2D eigenvalue weighted by Crippen LogP contribution is -2.13. The first-order valence-corrected chi connectivity index (χ1v) is 7.87. The van der Waals surface area contributed by atoms with Crippen LogP contribution in [0.4, 0.5) is 0 Å². The highest BCUT2D eigenvalue weighted by atomic mass is 16.5. The highest BCUT2D eigenvalue weighted by molar-refractivity contribution is 5.90. The van der Waals surface area contributed by atoms with E-state index in [0.717, 1.165) is 19.3 Å². The summed E-state index contributed by atoms with van der Waals surface area (Å²) >= 11 is 0. The molecule has 0 heterocycles. The summed E-state index contributed by atoms with van der Waals surface area (Å²) < 4.78 is 5.83. The minimum atomic E-state index is -1.16. The number of carboxylic acid groups (broad SMARTS) is 1. The van der Waals surface area contributed by atoms with E-state index in [1.165, 1.54) is 23.3 Å². The van der Waals surface area contributed by atoms with Gasteiger partial charge in [-0.25, -0.2) is 4.79 Å². The molecule has 4 heteroatoms. The van der Waals surface area contributed by atoms with Crippen LogP contribution in [0.25, 0.3) is 0 Å². The highest BCUT2D eigenvalue weighted by Crippen LogP contribution is 2.25. The number of allylic oxidation sites excluding steroid dienone is 3. The average molecular weight is 318 g/mol. The Morgan fingerprint density at radius 2 is 2.00 bits per heavy atom. The molecule has 126 valence electrons. The van der Waals surface area contributed by atoms with Gasteiger partial charge in [-0.1, -0.05) is 24.1 Å². The molecule has 23 heavy (non-hydrogen) atoms. The summed E-state index contributed by atoms with van der Waals surface area (Å²) in [6.07, 6.45) is 6.98. The number of rotatable bonds is 8. The van der Waals surface area contributed by atoms with Gasteiger partial charge in [0.2, 0.25) is 0 Å². The number of phenols is 1. The van der Waals surface area contributed by atoms with Gasteiger partial charge in [0.15, 0.2) is 0 Å². The summed E-state index contributed by atoms with van der Waals surface area (Å²) in [5.74, 6) is -0.974. The van der Waals surface area contributed by atoms with Gasteiger partial charge < -0.3 is 14.9 Å². The van der Waals surface area contributed by atoms with E-state index < -0.39 is 5.97 Å². The van der Waals surface area contributed by atoms with Crippen LogP contribution in [0.2, 0.25) is 0 Å². The third-order valence-electron chi connectivity index (χ3n) is 3.45. The fraction of sp³-hybridized carbons (Fsp3) is 0.421. The normalized spacial score (nSPS) is 12.6. The molecule has 0 aliphatic carbocycles. The number of carbonyl (C=O) groups is 1. The molecule has 0 bridgehead atoms.